The molecule has 19 heavy (non-hydrogen) atoms. The topological polar surface area (TPSA) is 84.6 Å². The minimum absolute atomic E-state index is 0.0969. The summed E-state index contributed by atoms with van der Waals surface area (Å²) >= 11 is 0. The lowest BCUT2D eigenvalue weighted by atomic mass is 9.89. The van der Waals surface area contributed by atoms with Crippen LogP contribution in [0, 0.1) is 5.41 Å². The van der Waals surface area contributed by atoms with Gasteiger partial charge in [0, 0.05) is 18.8 Å². The Balaban J connectivity index is 2.79. The number of methoxy groups -OCH3 is 1. The lowest BCUT2D eigenvalue weighted by Gasteiger charge is -2.24. The van der Waals surface area contributed by atoms with Gasteiger partial charge in [-0.15, -0.1) is 0 Å². The third-order valence-corrected chi connectivity index (χ3v) is 3.02. The second-order valence-electron chi connectivity index (χ2n) is 5.24. The van der Waals surface area contributed by atoms with Crippen molar-refractivity contribution in [3.05, 3.63) is 23.8 Å². The molecule has 4 N–H and O–H groups in total. The number of carbonyl (C=O) groups excluding carboxylic acids is 1. The van der Waals surface area contributed by atoms with Crippen molar-refractivity contribution in [3.8, 4) is 5.75 Å². The van der Waals surface area contributed by atoms with E-state index in [4.69, 9.17) is 15.6 Å². The number of amides is 1. The van der Waals surface area contributed by atoms with E-state index in [-0.39, 0.29) is 17.9 Å². The molecule has 1 aromatic carbocycles. The molecule has 0 unspecified atom stereocenters. The van der Waals surface area contributed by atoms with Crippen LogP contribution >= 0.6 is 0 Å². The van der Waals surface area contributed by atoms with Crippen LogP contribution in [0.5, 0.6) is 5.75 Å². The zero-order chi connectivity index (χ0) is 14.5. The number of nitrogens with two attached hydrogens (primary N) is 1. The van der Waals surface area contributed by atoms with Crippen LogP contribution in [0.4, 0.5) is 5.69 Å². The highest BCUT2D eigenvalue weighted by Gasteiger charge is 2.21. The highest BCUT2D eigenvalue weighted by molar-refractivity contribution is 6.01. The van der Waals surface area contributed by atoms with Crippen LogP contribution in [0.25, 0.3) is 0 Å². The summed E-state index contributed by atoms with van der Waals surface area (Å²) in [4.78, 5) is 12.2. The first kappa shape index (κ1) is 15.3. The van der Waals surface area contributed by atoms with Crippen molar-refractivity contribution < 1.29 is 14.6 Å². The van der Waals surface area contributed by atoms with Gasteiger partial charge >= 0.3 is 0 Å². The summed E-state index contributed by atoms with van der Waals surface area (Å²) in [5.74, 6) is 0.193. The predicted molar refractivity (Wildman–Crippen MR) is 75.2 cm³/mol. The normalized spacial score (nSPS) is 11.2. The first-order valence-corrected chi connectivity index (χ1v) is 6.23. The van der Waals surface area contributed by atoms with Crippen LogP contribution in [0.1, 0.15) is 30.6 Å². The second-order valence-corrected chi connectivity index (χ2v) is 5.24. The third kappa shape index (κ3) is 4.13. The van der Waals surface area contributed by atoms with Gasteiger partial charge < -0.3 is 20.9 Å². The number of nitrogens with one attached hydrogen (secondary N) is 1. The maximum atomic E-state index is 12.2. The van der Waals surface area contributed by atoms with Gasteiger partial charge in [-0.25, -0.2) is 0 Å². The minimum atomic E-state index is -0.263. The van der Waals surface area contributed by atoms with Gasteiger partial charge in [0.05, 0.1) is 7.11 Å². The first-order valence-electron chi connectivity index (χ1n) is 6.23. The average molecular weight is 266 g/mol. The molecule has 1 aromatic rings. The monoisotopic (exact) mass is 266 g/mol. The SMILES string of the molecule is COc1cccc(N)c1C(=O)NCC(C)(C)CCO. The molecule has 0 spiro atoms. The number of rotatable bonds is 6. The molecular weight excluding hydrogens is 244 g/mol. The maximum Gasteiger partial charge on any atom is 0.257 e. The van der Waals surface area contributed by atoms with Crippen molar-refractivity contribution >= 4 is 11.6 Å². The fourth-order valence-corrected chi connectivity index (χ4v) is 1.76. The summed E-state index contributed by atoms with van der Waals surface area (Å²) in [6.45, 7) is 4.52. The molecule has 1 amide bonds. The Morgan fingerprint density at radius 3 is 2.74 bits per heavy atom. The Morgan fingerprint density at radius 1 is 1.47 bits per heavy atom. The molecule has 0 fully saturated rings. The highest BCUT2D eigenvalue weighted by Crippen LogP contribution is 2.24. The van der Waals surface area contributed by atoms with Gasteiger partial charge in [0.25, 0.3) is 5.91 Å². The van der Waals surface area contributed by atoms with Crippen LogP contribution in [-0.4, -0.2) is 31.3 Å². The Hall–Kier alpha value is -1.75. The lowest BCUT2D eigenvalue weighted by molar-refractivity contribution is 0.0926. The van der Waals surface area contributed by atoms with Gasteiger partial charge in [-0.05, 0) is 24.0 Å². The fraction of sp³-hybridized carbons (Fsp3) is 0.500. The third-order valence-electron chi connectivity index (χ3n) is 3.02. The number of benzene rings is 1. The van der Waals surface area contributed by atoms with Gasteiger partial charge in [0.2, 0.25) is 0 Å². The molecule has 0 saturated carbocycles. The van der Waals surface area contributed by atoms with Crippen LogP contribution in [0.15, 0.2) is 18.2 Å². The number of hydrogen-bond acceptors (Lipinski definition) is 4. The highest BCUT2D eigenvalue weighted by atomic mass is 16.5. The van der Waals surface area contributed by atoms with Crippen LogP contribution < -0.4 is 15.8 Å². The van der Waals surface area contributed by atoms with E-state index in [9.17, 15) is 4.79 Å². The average Bonchev–Trinajstić information content (AvgIpc) is 2.35. The fourth-order valence-electron chi connectivity index (χ4n) is 1.76. The summed E-state index contributed by atoms with van der Waals surface area (Å²) < 4.78 is 5.15. The molecule has 5 nitrogen and oxygen atoms in total. The molecule has 106 valence electrons. The molecule has 0 radical (unpaired) electrons. The lowest BCUT2D eigenvalue weighted by Crippen LogP contribution is -2.35. The Morgan fingerprint density at radius 2 is 2.16 bits per heavy atom. The van der Waals surface area contributed by atoms with E-state index in [1.807, 2.05) is 13.8 Å². The van der Waals surface area contributed by atoms with Crippen molar-refractivity contribution in [3.63, 3.8) is 0 Å². The van der Waals surface area contributed by atoms with Gasteiger partial charge in [0.15, 0.2) is 0 Å². The number of ether oxygens (including phenoxy) is 1. The zero-order valence-electron chi connectivity index (χ0n) is 11.7. The Labute approximate surface area is 113 Å². The van der Waals surface area contributed by atoms with Crippen molar-refractivity contribution in [2.24, 2.45) is 5.41 Å². The molecule has 0 atom stereocenters. The molecule has 0 aliphatic heterocycles. The van der Waals surface area contributed by atoms with Gasteiger partial charge in [0.1, 0.15) is 11.3 Å². The maximum absolute atomic E-state index is 12.2. The molecule has 0 aromatic heterocycles. The smallest absolute Gasteiger partial charge is 0.257 e. The molecular formula is C14H22N2O3. The van der Waals surface area contributed by atoms with E-state index in [1.165, 1.54) is 7.11 Å². The summed E-state index contributed by atoms with van der Waals surface area (Å²) in [6, 6.07) is 5.10. The predicted octanol–water partition coefficient (Wildman–Crippen LogP) is 1.42. The molecule has 0 aliphatic carbocycles. The van der Waals surface area contributed by atoms with Crippen molar-refractivity contribution in [2.75, 3.05) is 26.0 Å². The zero-order valence-corrected chi connectivity index (χ0v) is 11.7. The van der Waals surface area contributed by atoms with Crippen molar-refractivity contribution in [2.45, 2.75) is 20.3 Å². The van der Waals surface area contributed by atoms with E-state index in [2.05, 4.69) is 5.32 Å². The molecule has 0 heterocycles. The van der Waals surface area contributed by atoms with Gasteiger partial charge in [-0.2, -0.15) is 0 Å². The Kier molecular flexibility index (Phi) is 5.18. The number of aliphatic hydroxyl groups excluding tert-OH is 1. The van der Waals surface area contributed by atoms with Crippen molar-refractivity contribution in [1.82, 2.24) is 5.32 Å². The van der Waals surface area contributed by atoms with E-state index < -0.39 is 0 Å². The molecule has 0 saturated heterocycles. The number of nitrogen functional groups attached to an aromatic ring is 1. The van der Waals surface area contributed by atoms with E-state index in [0.717, 1.165) is 0 Å². The van der Waals surface area contributed by atoms with Crippen LogP contribution in [0.2, 0.25) is 0 Å². The van der Waals surface area contributed by atoms with E-state index >= 15 is 0 Å². The number of aliphatic hydroxyl groups is 1. The van der Waals surface area contributed by atoms with Crippen LogP contribution in [-0.2, 0) is 0 Å². The Bertz CT molecular complexity index is 444. The van der Waals surface area contributed by atoms with Gasteiger partial charge in [-0.1, -0.05) is 19.9 Å². The van der Waals surface area contributed by atoms with Crippen LogP contribution in [0.3, 0.4) is 0 Å². The summed E-state index contributed by atoms with van der Waals surface area (Å²) in [5.41, 5.74) is 6.39. The van der Waals surface area contributed by atoms with E-state index in [1.54, 1.807) is 18.2 Å². The number of carbonyl (C=O) groups is 1. The quantitative estimate of drug-likeness (QED) is 0.680. The van der Waals surface area contributed by atoms with E-state index in [0.29, 0.717) is 30.0 Å². The largest absolute Gasteiger partial charge is 0.496 e. The molecule has 0 bridgehead atoms. The van der Waals surface area contributed by atoms with Crippen molar-refractivity contribution in [1.29, 1.82) is 0 Å². The number of anilines is 1. The molecule has 0 aliphatic rings. The molecule has 5 heteroatoms. The second kappa shape index (κ2) is 6.43. The summed E-state index contributed by atoms with van der Waals surface area (Å²) in [6.07, 6.45) is 0.620. The number of hydrogen-bond donors (Lipinski definition) is 3. The summed E-state index contributed by atoms with van der Waals surface area (Å²) in [5, 5.41) is 11.8. The minimum Gasteiger partial charge on any atom is -0.496 e. The standard InChI is InChI=1S/C14H22N2O3/c1-14(2,7-8-17)9-16-13(18)12-10(15)5-4-6-11(12)19-3/h4-6,17H,7-9,15H2,1-3H3,(H,16,18). The summed E-state index contributed by atoms with van der Waals surface area (Å²) in [7, 11) is 1.50. The first-order chi connectivity index (χ1) is 8.91. The van der Waals surface area contributed by atoms with Gasteiger partial charge in [-0.3, -0.25) is 4.79 Å². The molecule has 1 rings (SSSR count).